The summed E-state index contributed by atoms with van der Waals surface area (Å²) in [7, 11) is 0. The number of rotatable bonds is 5. The minimum atomic E-state index is -0.550. The number of nitrogens with zero attached hydrogens (tertiary/aromatic N) is 2. The molecule has 1 aromatic carbocycles. The molecule has 5 heteroatoms. The summed E-state index contributed by atoms with van der Waals surface area (Å²) >= 11 is 0. The van der Waals surface area contributed by atoms with Crippen molar-refractivity contribution in [2.24, 2.45) is 5.73 Å². The zero-order valence-corrected chi connectivity index (χ0v) is 11.8. The summed E-state index contributed by atoms with van der Waals surface area (Å²) in [4.78, 5) is 16.3. The van der Waals surface area contributed by atoms with Crippen molar-refractivity contribution in [2.45, 2.75) is 32.5 Å². The molecule has 0 bridgehead atoms. The van der Waals surface area contributed by atoms with E-state index in [4.69, 9.17) is 5.73 Å². The quantitative estimate of drug-likeness (QED) is 0.865. The van der Waals surface area contributed by atoms with Gasteiger partial charge in [-0.1, -0.05) is 30.3 Å². The van der Waals surface area contributed by atoms with Crippen LogP contribution in [-0.4, -0.2) is 21.5 Å². The van der Waals surface area contributed by atoms with E-state index in [0.29, 0.717) is 0 Å². The fraction of sp³-hybridized carbons (Fsp3) is 0.333. The number of hydrogen-bond acceptors (Lipinski definition) is 3. The van der Waals surface area contributed by atoms with Gasteiger partial charge in [0.25, 0.3) is 0 Å². The summed E-state index contributed by atoms with van der Waals surface area (Å²) < 4.78 is 2.01. The van der Waals surface area contributed by atoms with Crippen LogP contribution in [0.3, 0.4) is 0 Å². The Bertz CT molecular complexity index is 562. The highest BCUT2D eigenvalue weighted by atomic mass is 16.2. The van der Waals surface area contributed by atoms with Crippen molar-refractivity contribution in [3.05, 3.63) is 54.1 Å². The molecule has 0 aliphatic heterocycles. The van der Waals surface area contributed by atoms with Crippen LogP contribution in [0.2, 0.25) is 0 Å². The first kappa shape index (κ1) is 14.3. The topological polar surface area (TPSA) is 72.9 Å². The van der Waals surface area contributed by atoms with Crippen LogP contribution in [0.25, 0.3) is 0 Å². The molecule has 0 saturated heterocycles. The van der Waals surface area contributed by atoms with E-state index in [1.807, 2.05) is 48.0 Å². The second kappa shape index (κ2) is 6.34. The molecule has 2 atom stereocenters. The standard InChI is InChI=1S/C15H20N4O/c1-3-19-10-9-17-14(19)13(18-15(20)11(2)16)12-7-5-4-6-8-12/h4-11,13H,3,16H2,1-2H3,(H,18,20). The fourth-order valence-electron chi connectivity index (χ4n) is 2.06. The first-order valence-corrected chi connectivity index (χ1v) is 6.75. The van der Waals surface area contributed by atoms with Crippen LogP contribution in [0.4, 0.5) is 0 Å². The average molecular weight is 272 g/mol. The van der Waals surface area contributed by atoms with E-state index in [1.54, 1.807) is 13.1 Å². The molecule has 1 heterocycles. The Balaban J connectivity index is 2.37. The van der Waals surface area contributed by atoms with Gasteiger partial charge in [0.05, 0.1) is 6.04 Å². The minimum absolute atomic E-state index is 0.190. The first-order valence-electron chi connectivity index (χ1n) is 6.75. The lowest BCUT2D eigenvalue weighted by molar-refractivity contribution is -0.122. The largest absolute Gasteiger partial charge is 0.341 e. The lowest BCUT2D eigenvalue weighted by Gasteiger charge is -2.21. The van der Waals surface area contributed by atoms with Crippen LogP contribution in [0, 0.1) is 0 Å². The molecule has 1 aromatic heterocycles. The van der Waals surface area contributed by atoms with Gasteiger partial charge in [-0.05, 0) is 19.4 Å². The minimum Gasteiger partial charge on any atom is -0.341 e. The fourth-order valence-corrected chi connectivity index (χ4v) is 2.06. The first-order chi connectivity index (χ1) is 9.63. The zero-order valence-electron chi connectivity index (χ0n) is 11.8. The predicted octanol–water partition coefficient (Wildman–Crippen LogP) is 1.46. The third kappa shape index (κ3) is 3.05. The monoisotopic (exact) mass is 272 g/mol. The average Bonchev–Trinajstić information content (AvgIpc) is 2.93. The Morgan fingerprint density at radius 3 is 2.70 bits per heavy atom. The second-order valence-corrected chi connectivity index (χ2v) is 4.71. The number of benzene rings is 1. The predicted molar refractivity (Wildman–Crippen MR) is 78.0 cm³/mol. The Morgan fingerprint density at radius 1 is 1.40 bits per heavy atom. The Labute approximate surface area is 118 Å². The van der Waals surface area contributed by atoms with Gasteiger partial charge in [-0.3, -0.25) is 4.79 Å². The van der Waals surface area contributed by atoms with E-state index in [9.17, 15) is 4.79 Å². The van der Waals surface area contributed by atoms with Gasteiger partial charge in [0, 0.05) is 18.9 Å². The van der Waals surface area contributed by atoms with Gasteiger partial charge < -0.3 is 15.6 Å². The lowest BCUT2D eigenvalue weighted by Crippen LogP contribution is -2.41. The normalized spacial score (nSPS) is 13.8. The Hall–Kier alpha value is -2.14. The second-order valence-electron chi connectivity index (χ2n) is 4.71. The van der Waals surface area contributed by atoms with Gasteiger partial charge in [0.2, 0.25) is 5.91 Å². The molecular formula is C15H20N4O. The molecule has 0 aliphatic rings. The third-order valence-corrected chi connectivity index (χ3v) is 3.18. The van der Waals surface area contributed by atoms with Crippen LogP contribution < -0.4 is 11.1 Å². The molecule has 20 heavy (non-hydrogen) atoms. The zero-order chi connectivity index (χ0) is 14.5. The molecule has 1 amide bonds. The summed E-state index contributed by atoms with van der Waals surface area (Å²) in [5.41, 5.74) is 6.64. The Kier molecular flexibility index (Phi) is 4.53. The van der Waals surface area contributed by atoms with Crippen LogP contribution >= 0.6 is 0 Å². The van der Waals surface area contributed by atoms with E-state index in [2.05, 4.69) is 10.3 Å². The maximum Gasteiger partial charge on any atom is 0.237 e. The van der Waals surface area contributed by atoms with Crippen molar-refractivity contribution in [2.75, 3.05) is 0 Å². The van der Waals surface area contributed by atoms with E-state index >= 15 is 0 Å². The maximum absolute atomic E-state index is 11.9. The van der Waals surface area contributed by atoms with E-state index in [-0.39, 0.29) is 11.9 Å². The molecule has 0 spiro atoms. The molecular weight excluding hydrogens is 252 g/mol. The maximum atomic E-state index is 11.9. The number of nitrogens with two attached hydrogens (primary N) is 1. The summed E-state index contributed by atoms with van der Waals surface area (Å²) in [6.07, 6.45) is 3.65. The van der Waals surface area contributed by atoms with Gasteiger partial charge in [0.1, 0.15) is 11.9 Å². The number of aromatic nitrogens is 2. The molecule has 2 aromatic rings. The number of aryl methyl sites for hydroxylation is 1. The molecule has 0 fully saturated rings. The van der Waals surface area contributed by atoms with Crippen LogP contribution in [0.5, 0.6) is 0 Å². The molecule has 5 nitrogen and oxygen atoms in total. The molecule has 2 rings (SSSR count). The number of nitrogens with one attached hydrogen (secondary N) is 1. The smallest absolute Gasteiger partial charge is 0.237 e. The third-order valence-electron chi connectivity index (χ3n) is 3.18. The molecule has 0 radical (unpaired) electrons. The number of imidazole rings is 1. The van der Waals surface area contributed by atoms with Gasteiger partial charge in [0.15, 0.2) is 0 Å². The number of carbonyl (C=O) groups is 1. The number of amides is 1. The molecule has 3 N–H and O–H groups in total. The van der Waals surface area contributed by atoms with Crippen LogP contribution in [0.1, 0.15) is 31.3 Å². The summed E-state index contributed by atoms with van der Waals surface area (Å²) in [6.45, 7) is 4.51. The van der Waals surface area contributed by atoms with Crippen molar-refractivity contribution in [3.63, 3.8) is 0 Å². The lowest BCUT2D eigenvalue weighted by atomic mass is 10.1. The van der Waals surface area contributed by atoms with Gasteiger partial charge >= 0.3 is 0 Å². The SMILES string of the molecule is CCn1ccnc1C(NC(=O)C(C)N)c1ccccc1. The van der Waals surface area contributed by atoms with Crippen LogP contribution in [0.15, 0.2) is 42.7 Å². The van der Waals surface area contributed by atoms with E-state index in [1.165, 1.54) is 0 Å². The van der Waals surface area contributed by atoms with Crippen molar-refractivity contribution >= 4 is 5.91 Å². The summed E-state index contributed by atoms with van der Waals surface area (Å²) in [5.74, 6) is 0.622. The highest BCUT2D eigenvalue weighted by molar-refractivity contribution is 5.81. The van der Waals surface area contributed by atoms with Gasteiger partial charge in [-0.25, -0.2) is 4.98 Å². The molecule has 106 valence electrons. The molecule has 0 aliphatic carbocycles. The van der Waals surface area contributed by atoms with Gasteiger partial charge in [-0.2, -0.15) is 0 Å². The van der Waals surface area contributed by atoms with E-state index < -0.39 is 6.04 Å². The van der Waals surface area contributed by atoms with Crippen molar-refractivity contribution < 1.29 is 4.79 Å². The number of hydrogen-bond donors (Lipinski definition) is 2. The highest BCUT2D eigenvalue weighted by Gasteiger charge is 2.22. The summed E-state index contributed by atoms with van der Waals surface area (Å²) in [6, 6.07) is 8.94. The Morgan fingerprint density at radius 2 is 2.10 bits per heavy atom. The molecule has 0 saturated carbocycles. The van der Waals surface area contributed by atoms with Crippen molar-refractivity contribution in [1.82, 2.24) is 14.9 Å². The molecule has 2 unspecified atom stereocenters. The number of carbonyl (C=O) groups excluding carboxylic acids is 1. The van der Waals surface area contributed by atoms with Crippen molar-refractivity contribution in [1.29, 1.82) is 0 Å². The highest BCUT2D eigenvalue weighted by Crippen LogP contribution is 2.20. The summed E-state index contributed by atoms with van der Waals surface area (Å²) in [5, 5.41) is 2.96. The van der Waals surface area contributed by atoms with Crippen LogP contribution in [-0.2, 0) is 11.3 Å². The van der Waals surface area contributed by atoms with Crippen molar-refractivity contribution in [3.8, 4) is 0 Å². The van der Waals surface area contributed by atoms with Gasteiger partial charge in [-0.15, -0.1) is 0 Å². The van der Waals surface area contributed by atoms with E-state index in [0.717, 1.165) is 17.9 Å².